The quantitative estimate of drug-likeness (QED) is 0.772. The Hall–Kier alpha value is -0.890. The van der Waals surface area contributed by atoms with Crippen molar-refractivity contribution < 1.29 is 4.39 Å². The Labute approximate surface area is 97.9 Å². The molecule has 1 nitrogen and oxygen atoms in total. The smallest absolute Gasteiger partial charge is 0.126 e. The van der Waals surface area contributed by atoms with Gasteiger partial charge in [-0.05, 0) is 48.0 Å². The zero-order valence-corrected chi connectivity index (χ0v) is 10.7. The summed E-state index contributed by atoms with van der Waals surface area (Å²) in [5, 5.41) is 0. The molecule has 0 aromatic heterocycles. The van der Waals surface area contributed by atoms with E-state index in [1.807, 2.05) is 20.8 Å². The van der Waals surface area contributed by atoms with Gasteiger partial charge in [-0.15, -0.1) is 0 Å². The SMILES string of the molecule is CC/C=C1\CC(C)=C(F)C(C(C)C)=C1CN. The van der Waals surface area contributed by atoms with Crippen LogP contribution in [-0.2, 0) is 0 Å². The molecule has 90 valence electrons. The van der Waals surface area contributed by atoms with E-state index >= 15 is 0 Å². The highest BCUT2D eigenvalue weighted by atomic mass is 19.1. The zero-order chi connectivity index (χ0) is 12.3. The van der Waals surface area contributed by atoms with Gasteiger partial charge in [0.05, 0.1) is 0 Å². The third-order valence-corrected chi connectivity index (χ3v) is 3.01. The molecule has 0 aliphatic heterocycles. The van der Waals surface area contributed by atoms with Crippen molar-refractivity contribution >= 4 is 0 Å². The summed E-state index contributed by atoms with van der Waals surface area (Å²) in [6, 6.07) is 0. The Morgan fingerprint density at radius 3 is 2.50 bits per heavy atom. The topological polar surface area (TPSA) is 26.0 Å². The highest BCUT2D eigenvalue weighted by Crippen LogP contribution is 2.38. The first-order chi connectivity index (χ1) is 7.52. The predicted molar refractivity (Wildman–Crippen MR) is 67.7 cm³/mol. The lowest BCUT2D eigenvalue weighted by Gasteiger charge is -2.25. The molecule has 0 fully saturated rings. The lowest BCUT2D eigenvalue weighted by Crippen LogP contribution is -2.16. The Morgan fingerprint density at radius 2 is 2.06 bits per heavy atom. The lowest BCUT2D eigenvalue weighted by atomic mass is 9.82. The Bertz CT molecular complexity index is 359. The molecule has 0 atom stereocenters. The van der Waals surface area contributed by atoms with Crippen molar-refractivity contribution in [2.75, 3.05) is 6.54 Å². The minimum absolute atomic E-state index is 0.0382. The van der Waals surface area contributed by atoms with Gasteiger partial charge in [0.25, 0.3) is 0 Å². The third-order valence-electron chi connectivity index (χ3n) is 3.01. The normalized spacial score (nSPS) is 20.3. The van der Waals surface area contributed by atoms with Crippen LogP contribution in [0.25, 0.3) is 0 Å². The maximum absolute atomic E-state index is 14.1. The summed E-state index contributed by atoms with van der Waals surface area (Å²) < 4.78 is 14.1. The molecule has 2 N–H and O–H groups in total. The van der Waals surface area contributed by atoms with Crippen LogP contribution in [0.5, 0.6) is 0 Å². The van der Waals surface area contributed by atoms with Crippen molar-refractivity contribution in [3.05, 3.63) is 34.2 Å². The number of nitrogens with two attached hydrogens (primary N) is 1. The van der Waals surface area contributed by atoms with Gasteiger partial charge in [-0.1, -0.05) is 26.8 Å². The molecular formula is C14H22FN. The highest BCUT2D eigenvalue weighted by Gasteiger charge is 2.24. The van der Waals surface area contributed by atoms with Gasteiger partial charge in [-0.3, -0.25) is 0 Å². The second-order valence-corrected chi connectivity index (χ2v) is 4.66. The van der Waals surface area contributed by atoms with Gasteiger partial charge in [0.15, 0.2) is 0 Å². The first-order valence-corrected chi connectivity index (χ1v) is 6.01. The van der Waals surface area contributed by atoms with Crippen molar-refractivity contribution in [1.29, 1.82) is 0 Å². The number of halogens is 1. The van der Waals surface area contributed by atoms with E-state index < -0.39 is 0 Å². The van der Waals surface area contributed by atoms with Gasteiger partial charge in [0.1, 0.15) is 5.83 Å². The van der Waals surface area contributed by atoms with Crippen LogP contribution in [0.1, 0.15) is 40.5 Å². The molecule has 0 heterocycles. The van der Waals surface area contributed by atoms with Gasteiger partial charge in [0.2, 0.25) is 0 Å². The molecule has 16 heavy (non-hydrogen) atoms. The minimum atomic E-state index is -0.0382. The Kier molecular flexibility index (Phi) is 4.48. The molecule has 0 saturated carbocycles. The van der Waals surface area contributed by atoms with E-state index in [2.05, 4.69) is 13.0 Å². The fraction of sp³-hybridized carbons (Fsp3) is 0.571. The molecule has 0 saturated heterocycles. The number of allylic oxidation sites excluding steroid dienone is 4. The van der Waals surface area contributed by atoms with E-state index in [-0.39, 0.29) is 11.7 Å². The molecular weight excluding hydrogens is 201 g/mol. The van der Waals surface area contributed by atoms with Crippen molar-refractivity contribution in [3.63, 3.8) is 0 Å². The van der Waals surface area contributed by atoms with E-state index in [1.165, 1.54) is 5.57 Å². The van der Waals surface area contributed by atoms with E-state index in [1.54, 1.807) is 0 Å². The average molecular weight is 223 g/mol. The first-order valence-electron chi connectivity index (χ1n) is 6.01. The molecule has 0 aromatic carbocycles. The summed E-state index contributed by atoms with van der Waals surface area (Å²) >= 11 is 0. The van der Waals surface area contributed by atoms with Crippen molar-refractivity contribution in [3.8, 4) is 0 Å². The number of hydrogen-bond donors (Lipinski definition) is 1. The molecule has 0 radical (unpaired) electrons. The van der Waals surface area contributed by atoms with Gasteiger partial charge < -0.3 is 5.73 Å². The summed E-state index contributed by atoms with van der Waals surface area (Å²) in [7, 11) is 0. The molecule has 1 aliphatic rings. The maximum atomic E-state index is 14.1. The summed E-state index contributed by atoms with van der Waals surface area (Å²) in [5.74, 6) is 0.151. The van der Waals surface area contributed by atoms with E-state index in [0.29, 0.717) is 13.0 Å². The van der Waals surface area contributed by atoms with E-state index in [4.69, 9.17) is 5.73 Å². The molecule has 0 bridgehead atoms. The predicted octanol–water partition coefficient (Wildman–Crippen LogP) is 3.88. The fourth-order valence-electron chi connectivity index (χ4n) is 2.29. The van der Waals surface area contributed by atoms with Gasteiger partial charge in [-0.25, -0.2) is 4.39 Å². The molecule has 1 aliphatic carbocycles. The summed E-state index contributed by atoms with van der Waals surface area (Å²) in [5.41, 5.74) is 9.65. The van der Waals surface area contributed by atoms with Crippen molar-refractivity contribution in [2.24, 2.45) is 11.7 Å². The van der Waals surface area contributed by atoms with Gasteiger partial charge >= 0.3 is 0 Å². The van der Waals surface area contributed by atoms with E-state index in [9.17, 15) is 4.39 Å². The average Bonchev–Trinajstić information content (AvgIpc) is 2.22. The molecule has 0 spiro atoms. The van der Waals surface area contributed by atoms with Crippen LogP contribution in [0.15, 0.2) is 34.2 Å². The van der Waals surface area contributed by atoms with Crippen LogP contribution in [0.3, 0.4) is 0 Å². The van der Waals surface area contributed by atoms with Crippen LogP contribution in [0.2, 0.25) is 0 Å². The fourth-order valence-corrected chi connectivity index (χ4v) is 2.29. The largest absolute Gasteiger partial charge is 0.326 e. The number of rotatable bonds is 3. The van der Waals surface area contributed by atoms with Crippen LogP contribution in [-0.4, -0.2) is 6.54 Å². The van der Waals surface area contributed by atoms with Crippen LogP contribution in [0.4, 0.5) is 4.39 Å². The number of hydrogen-bond acceptors (Lipinski definition) is 1. The summed E-state index contributed by atoms with van der Waals surface area (Å²) in [6.45, 7) is 8.44. The second kappa shape index (κ2) is 5.44. The zero-order valence-electron chi connectivity index (χ0n) is 10.7. The second-order valence-electron chi connectivity index (χ2n) is 4.66. The summed E-state index contributed by atoms with van der Waals surface area (Å²) in [6.07, 6.45) is 3.85. The third kappa shape index (κ3) is 2.43. The molecule has 0 amide bonds. The van der Waals surface area contributed by atoms with Crippen molar-refractivity contribution in [2.45, 2.75) is 40.5 Å². The highest BCUT2D eigenvalue weighted by molar-refractivity contribution is 5.51. The summed E-state index contributed by atoms with van der Waals surface area (Å²) in [4.78, 5) is 0. The lowest BCUT2D eigenvalue weighted by molar-refractivity contribution is 0.580. The van der Waals surface area contributed by atoms with Crippen LogP contribution < -0.4 is 5.73 Å². The maximum Gasteiger partial charge on any atom is 0.126 e. The Morgan fingerprint density at radius 1 is 1.44 bits per heavy atom. The van der Waals surface area contributed by atoms with Crippen LogP contribution in [0, 0.1) is 5.92 Å². The molecule has 0 unspecified atom stereocenters. The van der Waals surface area contributed by atoms with E-state index in [0.717, 1.165) is 23.1 Å². The molecule has 1 rings (SSSR count). The van der Waals surface area contributed by atoms with Gasteiger partial charge in [-0.2, -0.15) is 0 Å². The van der Waals surface area contributed by atoms with Gasteiger partial charge in [0, 0.05) is 6.54 Å². The monoisotopic (exact) mass is 223 g/mol. The van der Waals surface area contributed by atoms with Crippen molar-refractivity contribution in [1.82, 2.24) is 0 Å². The minimum Gasteiger partial charge on any atom is -0.326 e. The Balaban J connectivity index is 3.33. The first kappa shape index (κ1) is 13.2. The van der Waals surface area contributed by atoms with Crippen LogP contribution >= 0.6 is 0 Å². The molecule has 0 aromatic rings. The molecule has 2 heteroatoms. The standard InChI is InChI=1S/C14H22FN/c1-5-6-11-7-10(4)14(15)13(9(2)3)12(11)8-16/h6,9H,5,7-8,16H2,1-4H3/b11-6+.